The molecule has 0 nitrogen and oxygen atoms in total. The van der Waals surface area contributed by atoms with E-state index < -0.39 is 6.17 Å². The first-order chi connectivity index (χ1) is 3.55. The summed E-state index contributed by atoms with van der Waals surface area (Å²) in [5.74, 6) is 0.352. The minimum Gasteiger partial charge on any atom is -0.247 e. The lowest BCUT2D eigenvalue weighted by Crippen LogP contribution is -2.15. The van der Waals surface area contributed by atoms with Crippen LogP contribution in [0.4, 0.5) is 4.39 Å². The number of hydrogen-bond acceptors (Lipinski definition) is 0. The molecule has 0 fully saturated rings. The van der Waals surface area contributed by atoms with Gasteiger partial charge in [-0.1, -0.05) is 27.7 Å². The largest absolute Gasteiger partial charge is 0.247 e. The van der Waals surface area contributed by atoms with Gasteiger partial charge in [-0.25, -0.2) is 4.39 Å². The van der Waals surface area contributed by atoms with Crippen molar-refractivity contribution in [1.29, 1.82) is 0 Å². The quantitative estimate of drug-likeness (QED) is 0.523. The van der Waals surface area contributed by atoms with Crippen molar-refractivity contribution in [3.8, 4) is 0 Å². The lowest BCUT2D eigenvalue weighted by atomic mass is 9.98. The van der Waals surface area contributed by atoms with E-state index >= 15 is 0 Å². The van der Waals surface area contributed by atoms with Crippen LogP contribution in [0.2, 0.25) is 0 Å². The molecule has 50 valence electrons. The van der Waals surface area contributed by atoms with E-state index in [-0.39, 0.29) is 11.8 Å². The Balaban J connectivity index is 3.46. The first-order valence-electron chi connectivity index (χ1n) is 3.19. The summed E-state index contributed by atoms with van der Waals surface area (Å²) in [5, 5.41) is 0. The molecule has 0 aliphatic carbocycles. The summed E-state index contributed by atoms with van der Waals surface area (Å²) in [4.78, 5) is 0. The molecule has 1 heteroatoms. The Kier molecular flexibility index (Phi) is 3.03. The highest BCUT2D eigenvalue weighted by Crippen LogP contribution is 2.14. The number of rotatable bonds is 2. The molecule has 0 aliphatic rings. The number of hydrogen-bond donors (Lipinski definition) is 0. The van der Waals surface area contributed by atoms with Crippen LogP contribution in [0.25, 0.3) is 0 Å². The maximum atomic E-state index is 12.6. The van der Waals surface area contributed by atoms with Crippen molar-refractivity contribution < 1.29 is 4.39 Å². The van der Waals surface area contributed by atoms with Gasteiger partial charge >= 0.3 is 0 Å². The van der Waals surface area contributed by atoms with Crippen LogP contribution in [0, 0.1) is 11.8 Å². The summed E-state index contributed by atoms with van der Waals surface area (Å²) in [6, 6.07) is 0. The molecule has 0 aromatic rings. The van der Waals surface area contributed by atoms with Crippen LogP contribution >= 0.6 is 0 Å². The van der Waals surface area contributed by atoms with Crippen LogP contribution in [0.3, 0.4) is 0 Å². The molecule has 0 spiro atoms. The maximum absolute atomic E-state index is 12.6. The summed E-state index contributed by atoms with van der Waals surface area (Å²) < 4.78 is 12.6. The Morgan fingerprint density at radius 1 is 0.875 bits per heavy atom. The summed E-state index contributed by atoms with van der Waals surface area (Å²) in [6.07, 6.45) is -0.630. The summed E-state index contributed by atoms with van der Waals surface area (Å²) in [6.45, 7) is 7.63. The molecule has 0 rings (SSSR count). The molecule has 0 N–H and O–H groups in total. The fraction of sp³-hybridized carbons (Fsp3) is 1.00. The van der Waals surface area contributed by atoms with E-state index in [2.05, 4.69) is 0 Å². The highest BCUT2D eigenvalue weighted by atomic mass is 19.1. The van der Waals surface area contributed by atoms with Crippen LogP contribution in [-0.2, 0) is 0 Å². The van der Waals surface area contributed by atoms with Crippen LogP contribution in [0.15, 0.2) is 0 Å². The fourth-order valence-electron chi connectivity index (χ4n) is 0.770. The molecule has 0 aromatic carbocycles. The Morgan fingerprint density at radius 2 is 1.12 bits per heavy atom. The van der Waals surface area contributed by atoms with E-state index in [1.807, 2.05) is 27.7 Å². The van der Waals surface area contributed by atoms with Gasteiger partial charge in [0.1, 0.15) is 6.17 Å². The van der Waals surface area contributed by atoms with Gasteiger partial charge in [0.25, 0.3) is 0 Å². The zero-order valence-corrected chi connectivity index (χ0v) is 6.11. The normalized spacial score (nSPS) is 12.0. The third kappa shape index (κ3) is 2.29. The average molecular weight is 118 g/mol. The van der Waals surface area contributed by atoms with Gasteiger partial charge in [-0.2, -0.15) is 0 Å². The summed E-state index contributed by atoms with van der Waals surface area (Å²) >= 11 is 0. The monoisotopic (exact) mass is 118 g/mol. The van der Waals surface area contributed by atoms with Gasteiger partial charge in [0.15, 0.2) is 0 Å². The van der Waals surface area contributed by atoms with Gasteiger partial charge < -0.3 is 0 Å². The first-order valence-corrected chi connectivity index (χ1v) is 3.19. The smallest absolute Gasteiger partial charge is 0.105 e. The Labute approximate surface area is 51.1 Å². The minimum atomic E-state index is -0.630. The van der Waals surface area contributed by atoms with Crippen molar-refractivity contribution in [2.75, 3.05) is 0 Å². The van der Waals surface area contributed by atoms with Gasteiger partial charge in [0.2, 0.25) is 0 Å². The molecule has 0 saturated heterocycles. The second-order valence-electron chi connectivity index (χ2n) is 2.93. The van der Waals surface area contributed by atoms with Crippen LogP contribution < -0.4 is 0 Å². The fourth-order valence-corrected chi connectivity index (χ4v) is 0.770. The van der Waals surface area contributed by atoms with E-state index in [4.69, 9.17) is 0 Å². The van der Waals surface area contributed by atoms with E-state index in [1.165, 1.54) is 0 Å². The molecular weight excluding hydrogens is 103 g/mol. The van der Waals surface area contributed by atoms with Crippen LogP contribution in [0.1, 0.15) is 27.7 Å². The highest BCUT2D eigenvalue weighted by Gasteiger charge is 2.14. The minimum absolute atomic E-state index is 0.176. The summed E-state index contributed by atoms with van der Waals surface area (Å²) in [5.41, 5.74) is 0. The van der Waals surface area contributed by atoms with Crippen molar-refractivity contribution >= 4 is 0 Å². The van der Waals surface area contributed by atoms with Gasteiger partial charge in [-0.3, -0.25) is 0 Å². The lowest BCUT2D eigenvalue weighted by Gasteiger charge is -2.14. The third-order valence-corrected chi connectivity index (χ3v) is 1.27. The SMILES string of the molecule is CC(C)C(F)C(C)C. The molecule has 0 heterocycles. The Hall–Kier alpha value is -0.0700. The molecule has 0 radical (unpaired) electrons. The zero-order valence-electron chi connectivity index (χ0n) is 6.11. The zero-order chi connectivity index (χ0) is 6.73. The molecular formula is C7H15F. The molecule has 0 unspecified atom stereocenters. The van der Waals surface area contributed by atoms with Crippen molar-refractivity contribution in [2.45, 2.75) is 33.9 Å². The van der Waals surface area contributed by atoms with Crippen LogP contribution in [0.5, 0.6) is 0 Å². The number of alkyl halides is 1. The van der Waals surface area contributed by atoms with Crippen molar-refractivity contribution in [3.63, 3.8) is 0 Å². The topological polar surface area (TPSA) is 0 Å². The first kappa shape index (κ1) is 7.93. The Morgan fingerprint density at radius 3 is 1.12 bits per heavy atom. The predicted molar refractivity (Wildman–Crippen MR) is 34.6 cm³/mol. The standard InChI is InChI=1S/C7H15F/c1-5(2)7(8)6(3)4/h5-7H,1-4H3. The average Bonchev–Trinajstić information content (AvgIpc) is 1.64. The van der Waals surface area contributed by atoms with Crippen LogP contribution in [-0.4, -0.2) is 6.17 Å². The molecule has 0 aliphatic heterocycles. The Bertz CT molecular complexity index is 49.4. The van der Waals surface area contributed by atoms with Gasteiger partial charge in [-0.15, -0.1) is 0 Å². The lowest BCUT2D eigenvalue weighted by molar-refractivity contribution is 0.191. The molecule has 0 aromatic heterocycles. The maximum Gasteiger partial charge on any atom is 0.105 e. The number of halogens is 1. The van der Waals surface area contributed by atoms with E-state index in [1.54, 1.807) is 0 Å². The second-order valence-corrected chi connectivity index (χ2v) is 2.93. The molecule has 0 amide bonds. The summed E-state index contributed by atoms with van der Waals surface area (Å²) in [7, 11) is 0. The van der Waals surface area contributed by atoms with Gasteiger partial charge in [0.05, 0.1) is 0 Å². The second kappa shape index (κ2) is 3.06. The van der Waals surface area contributed by atoms with E-state index in [0.717, 1.165) is 0 Å². The third-order valence-electron chi connectivity index (χ3n) is 1.27. The molecule has 0 atom stereocenters. The van der Waals surface area contributed by atoms with E-state index in [0.29, 0.717) is 0 Å². The molecule has 8 heavy (non-hydrogen) atoms. The van der Waals surface area contributed by atoms with E-state index in [9.17, 15) is 4.39 Å². The van der Waals surface area contributed by atoms with Gasteiger partial charge in [0, 0.05) is 0 Å². The van der Waals surface area contributed by atoms with Gasteiger partial charge in [-0.05, 0) is 11.8 Å². The molecule has 0 saturated carbocycles. The van der Waals surface area contributed by atoms with Crippen molar-refractivity contribution in [3.05, 3.63) is 0 Å². The van der Waals surface area contributed by atoms with Crippen molar-refractivity contribution in [2.24, 2.45) is 11.8 Å². The highest BCUT2D eigenvalue weighted by molar-refractivity contribution is 4.63. The van der Waals surface area contributed by atoms with Crippen molar-refractivity contribution in [1.82, 2.24) is 0 Å². The predicted octanol–water partition coefficient (Wildman–Crippen LogP) is 2.64. The molecule has 0 bridgehead atoms.